The van der Waals surface area contributed by atoms with Gasteiger partial charge in [0.25, 0.3) is 0 Å². The van der Waals surface area contributed by atoms with Crippen LogP contribution in [0.3, 0.4) is 0 Å². The second-order valence-electron chi connectivity index (χ2n) is 8.52. The maximum Gasteiger partial charge on any atom is 1.00 e. The molecule has 2 fully saturated rings. The van der Waals surface area contributed by atoms with Gasteiger partial charge in [0.05, 0.1) is 0 Å². The van der Waals surface area contributed by atoms with Gasteiger partial charge in [0.15, 0.2) is 0 Å². The van der Waals surface area contributed by atoms with E-state index in [0.717, 1.165) is 38.5 Å². The number of carbonyl (C=O) groups excluding carboxylic acids is 1. The monoisotopic (exact) mass is 324 g/mol. The zero-order valence-electron chi connectivity index (χ0n) is 15.4. The third kappa shape index (κ3) is 3.00. The smallest absolute Gasteiger partial charge is 0.550 e. The molecule has 0 heterocycles. The van der Waals surface area contributed by atoms with E-state index in [1.54, 1.807) is 5.57 Å². The van der Waals surface area contributed by atoms with Crippen molar-refractivity contribution in [1.29, 1.82) is 0 Å². The minimum atomic E-state index is -0.829. The molecule has 0 bridgehead atoms. The van der Waals surface area contributed by atoms with Crippen LogP contribution in [0.1, 0.15) is 66.2 Å². The van der Waals surface area contributed by atoms with Crippen LogP contribution in [-0.4, -0.2) is 5.97 Å². The Morgan fingerprint density at radius 3 is 2.61 bits per heavy atom. The van der Waals surface area contributed by atoms with E-state index in [2.05, 4.69) is 32.9 Å². The van der Waals surface area contributed by atoms with Crippen molar-refractivity contribution in [3.8, 4) is 0 Å². The van der Waals surface area contributed by atoms with Crippen molar-refractivity contribution in [1.82, 2.24) is 0 Å². The van der Waals surface area contributed by atoms with Crippen LogP contribution in [0.4, 0.5) is 0 Å². The van der Waals surface area contributed by atoms with Crippen LogP contribution < -0.4 is 34.7 Å². The van der Waals surface area contributed by atoms with Crippen LogP contribution in [-0.2, 0) is 4.79 Å². The van der Waals surface area contributed by atoms with Crippen LogP contribution in [0.15, 0.2) is 23.3 Å². The molecule has 0 saturated heterocycles. The van der Waals surface area contributed by atoms with Crippen LogP contribution in [0.25, 0.3) is 0 Å². The average molecular weight is 324 g/mol. The number of hydrogen-bond acceptors (Lipinski definition) is 2. The molecule has 3 aliphatic carbocycles. The molecule has 0 aromatic carbocycles. The maximum atomic E-state index is 11.8. The molecule has 3 aliphatic rings. The number of rotatable bonds is 2. The molecule has 0 aromatic rings. The van der Waals surface area contributed by atoms with Crippen molar-refractivity contribution in [3.63, 3.8) is 0 Å². The Labute approximate surface area is 163 Å². The molecule has 0 amide bonds. The zero-order valence-corrected chi connectivity index (χ0v) is 17.4. The fourth-order valence-electron chi connectivity index (χ4n) is 5.65. The zero-order chi connectivity index (χ0) is 16.1. The molecule has 0 aromatic heterocycles. The van der Waals surface area contributed by atoms with Crippen molar-refractivity contribution in [2.75, 3.05) is 0 Å². The number of allylic oxidation sites excluding steroid dienone is 4. The van der Waals surface area contributed by atoms with E-state index in [1.807, 2.05) is 6.92 Å². The van der Waals surface area contributed by atoms with Gasteiger partial charge in [-0.3, -0.25) is 0 Å². The second-order valence-corrected chi connectivity index (χ2v) is 8.52. The predicted octanol–water partition coefficient (Wildman–Crippen LogP) is 0.876. The quantitative estimate of drug-likeness (QED) is 0.708. The summed E-state index contributed by atoms with van der Waals surface area (Å²) in [5, 5.41) is 11.8. The Morgan fingerprint density at radius 2 is 2.00 bits per heavy atom. The first-order valence-corrected chi connectivity index (χ1v) is 8.91. The first-order chi connectivity index (χ1) is 10.3. The standard InChI is InChI=1S/C20H30O2.Na/c1-13(2)14-6-8-16-15(12-14)7-9-17-19(16,3)10-5-11-20(17,4)18(21)22;/h6,12-13,16-17H,5,7-11H2,1-4H3,(H,21,22);/q;+1/p-1/t16-,17+,19+,20+;/m0./s1. The Balaban J connectivity index is 0.00000192. The average Bonchev–Trinajstić information content (AvgIpc) is 2.46. The largest absolute Gasteiger partial charge is 1.00 e. The summed E-state index contributed by atoms with van der Waals surface area (Å²) in [6.45, 7) is 8.80. The summed E-state index contributed by atoms with van der Waals surface area (Å²) in [5.74, 6) is 0.548. The Morgan fingerprint density at radius 1 is 1.30 bits per heavy atom. The van der Waals surface area contributed by atoms with Crippen molar-refractivity contribution in [2.24, 2.45) is 28.6 Å². The Kier molecular flexibility index (Phi) is 5.61. The van der Waals surface area contributed by atoms with Gasteiger partial charge in [-0.15, -0.1) is 0 Å². The summed E-state index contributed by atoms with van der Waals surface area (Å²) in [6.07, 6.45) is 11.0. The number of hydrogen-bond donors (Lipinski definition) is 0. The minimum Gasteiger partial charge on any atom is -0.550 e. The molecule has 3 rings (SSSR count). The number of aliphatic carboxylic acids is 1. The molecule has 3 heteroatoms. The number of carboxylic acid groups (broad SMARTS) is 1. The van der Waals surface area contributed by atoms with Crippen molar-refractivity contribution < 1.29 is 39.5 Å². The van der Waals surface area contributed by atoms with Gasteiger partial charge in [-0.1, -0.05) is 51.8 Å². The van der Waals surface area contributed by atoms with Crippen molar-refractivity contribution in [2.45, 2.75) is 66.2 Å². The van der Waals surface area contributed by atoms with Crippen molar-refractivity contribution in [3.05, 3.63) is 23.3 Å². The van der Waals surface area contributed by atoms with E-state index in [9.17, 15) is 9.90 Å². The molecule has 23 heavy (non-hydrogen) atoms. The van der Waals surface area contributed by atoms with Crippen LogP contribution in [0, 0.1) is 28.6 Å². The van der Waals surface area contributed by atoms with Gasteiger partial charge < -0.3 is 9.90 Å². The van der Waals surface area contributed by atoms with Crippen molar-refractivity contribution >= 4 is 5.97 Å². The summed E-state index contributed by atoms with van der Waals surface area (Å²) in [7, 11) is 0. The fraction of sp³-hybridized carbons (Fsp3) is 0.750. The van der Waals surface area contributed by atoms with E-state index in [1.165, 1.54) is 5.57 Å². The number of fused-ring (bicyclic) bond motifs is 3. The van der Waals surface area contributed by atoms with Crippen LogP contribution >= 0.6 is 0 Å². The van der Waals surface area contributed by atoms with Crippen LogP contribution in [0.2, 0.25) is 0 Å². The van der Waals surface area contributed by atoms with Gasteiger partial charge >= 0.3 is 29.6 Å². The summed E-state index contributed by atoms with van der Waals surface area (Å²) in [6, 6.07) is 0. The van der Waals surface area contributed by atoms with Gasteiger partial charge in [-0.2, -0.15) is 0 Å². The second kappa shape index (κ2) is 6.69. The summed E-state index contributed by atoms with van der Waals surface area (Å²) >= 11 is 0. The molecule has 0 N–H and O–H groups in total. The van der Waals surface area contributed by atoms with Crippen LogP contribution in [0.5, 0.6) is 0 Å². The van der Waals surface area contributed by atoms with E-state index in [4.69, 9.17) is 0 Å². The maximum absolute atomic E-state index is 11.8. The minimum absolute atomic E-state index is 0. The Hall–Kier alpha value is -0.0500. The molecule has 4 atom stereocenters. The van der Waals surface area contributed by atoms with Gasteiger partial charge in [-0.05, 0) is 60.8 Å². The number of carboxylic acids is 1. The Bertz CT molecular complexity index is 548. The molecule has 2 nitrogen and oxygen atoms in total. The van der Waals surface area contributed by atoms with Gasteiger partial charge in [-0.25, -0.2) is 0 Å². The number of carbonyl (C=O) groups is 1. The molecule has 0 spiro atoms. The summed E-state index contributed by atoms with van der Waals surface area (Å²) < 4.78 is 0. The van der Waals surface area contributed by atoms with E-state index < -0.39 is 11.4 Å². The third-order valence-corrected chi connectivity index (χ3v) is 7.02. The molecule has 0 unspecified atom stereocenters. The molecular formula is C20H29NaO2. The van der Waals surface area contributed by atoms with Gasteiger partial charge in [0, 0.05) is 11.4 Å². The van der Waals surface area contributed by atoms with Gasteiger partial charge in [0.2, 0.25) is 0 Å². The summed E-state index contributed by atoms with van der Waals surface area (Å²) in [5.41, 5.74) is 2.52. The first kappa shape index (κ1) is 19.3. The normalized spacial score (nSPS) is 39.5. The summed E-state index contributed by atoms with van der Waals surface area (Å²) in [4.78, 5) is 11.8. The third-order valence-electron chi connectivity index (χ3n) is 7.02. The SMILES string of the molecule is CC(C)C1=CC[C@H]2C(=C1)CC[C@@H]1[C@]2(C)CCC[C@@]1(C)C(=O)[O-].[Na+]. The van der Waals surface area contributed by atoms with Gasteiger partial charge in [0.1, 0.15) is 0 Å². The fourth-order valence-corrected chi connectivity index (χ4v) is 5.65. The molecule has 0 aliphatic heterocycles. The van der Waals surface area contributed by atoms with E-state index in [-0.39, 0.29) is 40.9 Å². The molecule has 122 valence electrons. The van der Waals surface area contributed by atoms with E-state index >= 15 is 0 Å². The predicted molar refractivity (Wildman–Crippen MR) is 86.9 cm³/mol. The van der Waals surface area contributed by atoms with E-state index in [0.29, 0.717) is 11.8 Å². The topological polar surface area (TPSA) is 40.1 Å². The molecule has 0 radical (unpaired) electrons. The molecular weight excluding hydrogens is 295 g/mol. The first-order valence-electron chi connectivity index (χ1n) is 8.91. The molecule has 2 saturated carbocycles.